The second-order valence-corrected chi connectivity index (χ2v) is 5.86. The molecule has 0 fully saturated rings. The number of nitrogens with zero attached hydrogens (tertiary/aromatic N) is 3. The first kappa shape index (κ1) is 17.1. The number of amides is 1. The fourth-order valence-corrected chi connectivity index (χ4v) is 2.58. The zero-order chi connectivity index (χ0) is 16.7. The van der Waals surface area contributed by atoms with Crippen molar-refractivity contribution in [2.75, 3.05) is 0 Å². The first-order valence-electron chi connectivity index (χ1n) is 7.34. The van der Waals surface area contributed by atoms with E-state index in [2.05, 4.69) is 20.4 Å². The van der Waals surface area contributed by atoms with Gasteiger partial charge in [0.2, 0.25) is 11.8 Å². The number of thiazole rings is 1. The lowest BCUT2D eigenvalue weighted by Gasteiger charge is -2.01. The van der Waals surface area contributed by atoms with Crippen LogP contribution in [0.5, 0.6) is 0 Å². The van der Waals surface area contributed by atoms with E-state index in [1.807, 2.05) is 6.92 Å². The summed E-state index contributed by atoms with van der Waals surface area (Å²) in [4.78, 5) is 30.6. The molecule has 2 aromatic heterocycles. The molecule has 0 radical (unpaired) electrons. The summed E-state index contributed by atoms with van der Waals surface area (Å²) in [6.45, 7) is 2.28. The molecule has 0 aliphatic heterocycles. The molecule has 0 aliphatic rings. The van der Waals surface area contributed by atoms with Gasteiger partial charge in [-0.25, -0.2) is 9.78 Å². The van der Waals surface area contributed by atoms with Gasteiger partial charge in [0.15, 0.2) is 11.5 Å². The van der Waals surface area contributed by atoms with Gasteiger partial charge >= 0.3 is 5.97 Å². The molecule has 0 aliphatic carbocycles. The Morgan fingerprint density at radius 3 is 2.87 bits per heavy atom. The van der Waals surface area contributed by atoms with Crippen LogP contribution in [0.2, 0.25) is 0 Å². The highest BCUT2D eigenvalue weighted by Gasteiger charge is 2.10. The quantitative estimate of drug-likeness (QED) is 0.716. The van der Waals surface area contributed by atoms with Crippen molar-refractivity contribution in [1.82, 2.24) is 20.4 Å². The maximum atomic E-state index is 11.7. The Morgan fingerprint density at radius 1 is 1.35 bits per heavy atom. The van der Waals surface area contributed by atoms with Crippen molar-refractivity contribution < 1.29 is 19.2 Å². The number of aryl methyl sites for hydroxylation is 2. The summed E-state index contributed by atoms with van der Waals surface area (Å²) in [7, 11) is 0. The van der Waals surface area contributed by atoms with Gasteiger partial charge in [0.1, 0.15) is 5.01 Å². The third kappa shape index (κ3) is 5.44. The van der Waals surface area contributed by atoms with Gasteiger partial charge in [-0.1, -0.05) is 12.1 Å². The van der Waals surface area contributed by atoms with Gasteiger partial charge in [-0.05, 0) is 12.8 Å². The number of aromatic nitrogens is 3. The van der Waals surface area contributed by atoms with Gasteiger partial charge in [0.25, 0.3) is 0 Å². The Balaban J connectivity index is 1.67. The molecule has 0 saturated carbocycles. The van der Waals surface area contributed by atoms with E-state index in [9.17, 15) is 9.59 Å². The van der Waals surface area contributed by atoms with E-state index in [1.54, 1.807) is 0 Å². The minimum atomic E-state index is -1.07. The topological polar surface area (TPSA) is 118 Å². The summed E-state index contributed by atoms with van der Waals surface area (Å²) in [6.07, 6.45) is 3.25. The third-order valence-electron chi connectivity index (χ3n) is 2.99. The van der Waals surface area contributed by atoms with E-state index in [0.717, 1.165) is 12.8 Å². The summed E-state index contributed by atoms with van der Waals surface area (Å²) in [5.41, 5.74) is -0.00136. The maximum Gasteiger partial charge on any atom is 0.355 e. The molecule has 2 aromatic rings. The van der Waals surface area contributed by atoms with Crippen LogP contribution in [-0.2, 0) is 24.2 Å². The fourth-order valence-electron chi connectivity index (χ4n) is 1.87. The molecule has 8 nitrogen and oxygen atoms in total. The Hall–Kier alpha value is -2.29. The molecule has 2 rings (SSSR count). The van der Waals surface area contributed by atoms with Crippen LogP contribution in [0, 0.1) is 0 Å². The molecule has 0 atom stereocenters. The largest absolute Gasteiger partial charge is 0.476 e. The summed E-state index contributed by atoms with van der Waals surface area (Å²) >= 11 is 1.21. The number of carbonyl (C=O) groups excluding carboxylic acids is 1. The molecule has 0 bridgehead atoms. The molecule has 124 valence electrons. The Kier molecular flexibility index (Phi) is 6.21. The number of nitrogens with one attached hydrogen (secondary N) is 1. The lowest BCUT2D eigenvalue weighted by molar-refractivity contribution is -0.121. The molecule has 0 saturated heterocycles. The molecule has 2 N–H and O–H groups in total. The molecule has 2 heterocycles. The van der Waals surface area contributed by atoms with E-state index >= 15 is 0 Å². The van der Waals surface area contributed by atoms with Crippen LogP contribution >= 0.6 is 11.3 Å². The number of carbonyl (C=O) groups is 2. The molecular formula is C14H18N4O4S. The predicted molar refractivity (Wildman–Crippen MR) is 82.2 cm³/mol. The number of aromatic carboxylic acids is 1. The zero-order valence-corrected chi connectivity index (χ0v) is 13.6. The monoisotopic (exact) mass is 338 g/mol. The van der Waals surface area contributed by atoms with Gasteiger partial charge in [-0.2, -0.15) is 4.98 Å². The number of hydrogen-bond donors (Lipinski definition) is 2. The highest BCUT2D eigenvalue weighted by atomic mass is 32.1. The van der Waals surface area contributed by atoms with E-state index in [1.165, 1.54) is 16.7 Å². The van der Waals surface area contributed by atoms with Crippen LogP contribution in [0.4, 0.5) is 0 Å². The summed E-state index contributed by atoms with van der Waals surface area (Å²) < 4.78 is 5.10. The summed E-state index contributed by atoms with van der Waals surface area (Å²) in [5.74, 6) is 0.0587. The number of hydrogen-bond acceptors (Lipinski definition) is 7. The first-order valence-corrected chi connectivity index (χ1v) is 8.22. The number of carboxylic acid groups (broad SMARTS) is 1. The second-order valence-electron chi connectivity index (χ2n) is 4.92. The summed E-state index contributed by atoms with van der Waals surface area (Å²) in [6, 6.07) is 0. The van der Waals surface area contributed by atoms with Crippen molar-refractivity contribution >= 4 is 23.2 Å². The normalized spacial score (nSPS) is 10.7. The van der Waals surface area contributed by atoms with Crippen LogP contribution in [0.3, 0.4) is 0 Å². The van der Waals surface area contributed by atoms with Gasteiger partial charge in [-0.3, -0.25) is 4.79 Å². The Morgan fingerprint density at radius 2 is 2.17 bits per heavy atom. The van der Waals surface area contributed by atoms with Crippen molar-refractivity contribution in [3.8, 4) is 0 Å². The molecule has 23 heavy (non-hydrogen) atoms. The molecule has 1 amide bonds. The van der Waals surface area contributed by atoms with Crippen LogP contribution < -0.4 is 5.32 Å². The fraction of sp³-hybridized carbons (Fsp3) is 0.500. The number of rotatable bonds is 9. The van der Waals surface area contributed by atoms with Crippen LogP contribution in [0.25, 0.3) is 0 Å². The SMILES string of the molecule is CCCc1noc(CCCC(=O)NCc2nc(C(=O)O)cs2)n1. The minimum Gasteiger partial charge on any atom is -0.476 e. The van der Waals surface area contributed by atoms with Gasteiger partial charge in [-0.15, -0.1) is 11.3 Å². The third-order valence-corrected chi connectivity index (χ3v) is 3.83. The Bertz CT molecular complexity index is 667. The van der Waals surface area contributed by atoms with E-state index in [-0.39, 0.29) is 18.1 Å². The Labute approximate surface area is 136 Å². The standard InChI is InChI=1S/C14H18N4O4S/c1-2-4-10-17-12(22-18-10)6-3-5-11(19)15-7-13-16-9(8-23-13)14(20)21/h8H,2-7H2,1H3,(H,15,19)(H,20,21). The van der Waals surface area contributed by atoms with E-state index in [4.69, 9.17) is 9.63 Å². The van der Waals surface area contributed by atoms with Crippen molar-refractivity contribution in [2.24, 2.45) is 0 Å². The predicted octanol–water partition coefficient (Wildman–Crippen LogP) is 1.82. The van der Waals surface area contributed by atoms with Crippen molar-refractivity contribution in [1.29, 1.82) is 0 Å². The lowest BCUT2D eigenvalue weighted by Crippen LogP contribution is -2.22. The smallest absolute Gasteiger partial charge is 0.355 e. The molecule has 9 heteroatoms. The highest BCUT2D eigenvalue weighted by molar-refractivity contribution is 7.09. The van der Waals surface area contributed by atoms with Crippen molar-refractivity contribution in [3.05, 3.63) is 27.8 Å². The van der Waals surface area contributed by atoms with E-state index in [0.29, 0.717) is 36.0 Å². The highest BCUT2D eigenvalue weighted by Crippen LogP contribution is 2.10. The second kappa shape index (κ2) is 8.37. The van der Waals surface area contributed by atoms with Crippen molar-refractivity contribution in [2.45, 2.75) is 45.6 Å². The molecule has 0 spiro atoms. The van der Waals surface area contributed by atoms with Crippen LogP contribution in [0.15, 0.2) is 9.90 Å². The van der Waals surface area contributed by atoms with Gasteiger partial charge < -0.3 is 14.9 Å². The van der Waals surface area contributed by atoms with Gasteiger partial charge in [0.05, 0.1) is 6.54 Å². The molecule has 0 unspecified atom stereocenters. The molecule has 0 aromatic carbocycles. The van der Waals surface area contributed by atoms with Crippen LogP contribution in [-0.4, -0.2) is 32.1 Å². The zero-order valence-electron chi connectivity index (χ0n) is 12.7. The van der Waals surface area contributed by atoms with Crippen LogP contribution in [0.1, 0.15) is 53.4 Å². The van der Waals surface area contributed by atoms with Crippen molar-refractivity contribution in [3.63, 3.8) is 0 Å². The van der Waals surface area contributed by atoms with Gasteiger partial charge in [0, 0.05) is 24.6 Å². The average molecular weight is 338 g/mol. The summed E-state index contributed by atoms with van der Waals surface area (Å²) in [5, 5.41) is 17.4. The first-order chi connectivity index (χ1) is 11.1. The van der Waals surface area contributed by atoms with E-state index < -0.39 is 5.97 Å². The average Bonchev–Trinajstić information content (AvgIpc) is 3.15. The molecular weight excluding hydrogens is 320 g/mol. The lowest BCUT2D eigenvalue weighted by atomic mass is 10.2. The maximum absolute atomic E-state index is 11.7. The number of carboxylic acids is 1. The minimum absolute atomic E-state index is 0.00136.